The minimum Gasteiger partial charge on any atom is -0.398 e. The number of aliphatic hydroxyl groups excluding tert-OH is 1. The lowest BCUT2D eigenvalue weighted by atomic mass is 9.71. The number of hydrogen-bond donors (Lipinski definition) is 6. The van der Waals surface area contributed by atoms with Crippen LogP contribution in [0.15, 0.2) is 113 Å². The second-order valence-electron chi connectivity index (χ2n) is 17.8. The molecule has 1 aliphatic heterocycles. The van der Waals surface area contributed by atoms with Crippen LogP contribution in [0.1, 0.15) is 91.2 Å². The molecule has 1 saturated carbocycles. The lowest BCUT2D eigenvalue weighted by molar-refractivity contribution is -0.133. The van der Waals surface area contributed by atoms with Crippen LogP contribution in [0.25, 0.3) is 33.6 Å². The molecule has 10 N–H and O–H groups in total. The zero-order valence-electron chi connectivity index (χ0n) is 36.9. The molecule has 11 nitrogen and oxygen atoms in total. The molecular weight excluding hydrogens is 795 g/mol. The van der Waals surface area contributed by atoms with Crippen molar-refractivity contribution < 1.29 is 9.84 Å². The lowest BCUT2D eigenvalue weighted by Crippen LogP contribution is -2.45. The van der Waals surface area contributed by atoms with Crippen molar-refractivity contribution in [2.24, 2.45) is 22.0 Å². The van der Waals surface area contributed by atoms with Gasteiger partial charge in [-0.05, 0) is 111 Å². The van der Waals surface area contributed by atoms with Gasteiger partial charge in [0.25, 0.3) is 0 Å². The highest BCUT2D eigenvalue weighted by Crippen LogP contribution is 2.43. The Hall–Kier alpha value is -6.56. The van der Waals surface area contributed by atoms with Gasteiger partial charge in [-0.2, -0.15) is 10.2 Å². The zero-order chi connectivity index (χ0) is 44.3. The Balaban J connectivity index is 1.07. The molecular formula is C53H59N9O2. The maximum atomic E-state index is 11.5. The number of para-hydroxylation sites is 3. The number of nitrogens with two attached hydrogens (primary N) is 4. The molecule has 6 aromatic rings. The van der Waals surface area contributed by atoms with Gasteiger partial charge < -0.3 is 38.1 Å². The molecule has 2 heterocycles. The van der Waals surface area contributed by atoms with E-state index in [4.69, 9.17) is 48.1 Å². The topological polar surface area (TPSA) is 196 Å². The monoisotopic (exact) mass is 853 g/mol. The van der Waals surface area contributed by atoms with Gasteiger partial charge in [-0.15, -0.1) is 10.2 Å². The number of nitrogens with zero attached hydrogens (tertiary/aromatic N) is 4. The third kappa shape index (κ3) is 8.70. The van der Waals surface area contributed by atoms with E-state index in [1.807, 2.05) is 105 Å². The largest absolute Gasteiger partial charge is 0.398 e. The van der Waals surface area contributed by atoms with Crippen LogP contribution in [0.2, 0.25) is 0 Å². The van der Waals surface area contributed by atoms with Crippen LogP contribution in [0, 0.1) is 25.7 Å². The van der Waals surface area contributed by atoms with Crippen molar-refractivity contribution in [3.8, 4) is 33.6 Å². The molecule has 11 heteroatoms. The van der Waals surface area contributed by atoms with Gasteiger partial charge in [0.15, 0.2) is 0 Å². The SMILES string of the molecule is Cc1cc(C)cc(NC(O)OC2CCCCCC3C(c4ccc(-c5cccc(-c6nnc(-c7ccccc7N)c7c6CCCCCC7)c5N)cc4N)=NN=C(c4ccccc4N)C23)c1. The molecule has 0 radical (unpaired) electrons. The van der Waals surface area contributed by atoms with Crippen molar-refractivity contribution in [3.05, 3.63) is 137 Å². The van der Waals surface area contributed by atoms with Crippen LogP contribution in [0.3, 0.4) is 0 Å². The summed E-state index contributed by atoms with van der Waals surface area (Å²) in [6.07, 6.45) is 9.21. The number of ether oxygens (including phenoxy) is 1. The molecule has 4 unspecified atom stereocenters. The summed E-state index contributed by atoms with van der Waals surface area (Å²) >= 11 is 0. The number of fused-ring (bicyclic) bond motifs is 2. The Bertz CT molecular complexity index is 2730. The van der Waals surface area contributed by atoms with Crippen LogP contribution < -0.4 is 28.3 Å². The highest BCUT2D eigenvalue weighted by Gasteiger charge is 2.42. The van der Waals surface area contributed by atoms with E-state index in [-0.39, 0.29) is 11.8 Å². The quantitative estimate of drug-likeness (QED) is 0.0606. The summed E-state index contributed by atoms with van der Waals surface area (Å²) in [5.74, 6) is -0.371. The minimum absolute atomic E-state index is 0.111. The van der Waals surface area contributed by atoms with Gasteiger partial charge in [0.2, 0.25) is 6.41 Å². The fraction of sp³-hybridized carbons (Fsp3) is 0.321. The molecule has 1 fully saturated rings. The van der Waals surface area contributed by atoms with Crippen molar-refractivity contribution >= 4 is 39.9 Å². The van der Waals surface area contributed by atoms with E-state index in [0.29, 0.717) is 22.7 Å². The Morgan fingerprint density at radius 1 is 0.578 bits per heavy atom. The number of aryl methyl sites for hydroxylation is 2. The molecule has 2 aliphatic carbocycles. The average molecular weight is 854 g/mol. The summed E-state index contributed by atoms with van der Waals surface area (Å²) in [4.78, 5) is 0. The number of nitrogen functional groups attached to an aromatic ring is 4. The average Bonchev–Trinajstić information content (AvgIpc) is 3.25. The van der Waals surface area contributed by atoms with Crippen molar-refractivity contribution in [1.29, 1.82) is 0 Å². The number of hydrogen-bond acceptors (Lipinski definition) is 11. The van der Waals surface area contributed by atoms with Gasteiger partial charge in [0.05, 0.1) is 28.9 Å². The van der Waals surface area contributed by atoms with Crippen molar-refractivity contribution in [3.63, 3.8) is 0 Å². The van der Waals surface area contributed by atoms with E-state index in [1.165, 1.54) is 24.0 Å². The van der Waals surface area contributed by atoms with Crippen molar-refractivity contribution in [1.82, 2.24) is 10.2 Å². The second-order valence-corrected chi connectivity index (χ2v) is 17.8. The smallest absolute Gasteiger partial charge is 0.235 e. The number of nitrogens with one attached hydrogen (secondary N) is 1. The molecule has 1 aromatic heterocycles. The fourth-order valence-corrected chi connectivity index (χ4v) is 10.3. The van der Waals surface area contributed by atoms with E-state index >= 15 is 0 Å². The van der Waals surface area contributed by atoms with E-state index < -0.39 is 12.5 Å². The molecule has 64 heavy (non-hydrogen) atoms. The highest BCUT2D eigenvalue weighted by atomic mass is 16.6. The lowest BCUT2D eigenvalue weighted by Gasteiger charge is -2.39. The summed E-state index contributed by atoms with van der Waals surface area (Å²) in [5, 5.41) is 34.3. The third-order valence-corrected chi connectivity index (χ3v) is 13.3. The van der Waals surface area contributed by atoms with E-state index in [2.05, 4.69) is 17.4 Å². The first-order chi connectivity index (χ1) is 31.1. The molecule has 4 atom stereocenters. The van der Waals surface area contributed by atoms with Crippen LogP contribution in [0.5, 0.6) is 0 Å². The van der Waals surface area contributed by atoms with Gasteiger partial charge in [-0.25, -0.2) is 0 Å². The zero-order valence-corrected chi connectivity index (χ0v) is 36.9. The van der Waals surface area contributed by atoms with Gasteiger partial charge in [0, 0.05) is 68.1 Å². The van der Waals surface area contributed by atoms with Crippen LogP contribution in [0.4, 0.5) is 28.4 Å². The number of anilines is 5. The van der Waals surface area contributed by atoms with E-state index in [9.17, 15) is 5.11 Å². The molecule has 0 amide bonds. The Morgan fingerprint density at radius 2 is 1.16 bits per heavy atom. The molecule has 3 aliphatic rings. The van der Waals surface area contributed by atoms with Crippen molar-refractivity contribution in [2.75, 3.05) is 28.3 Å². The van der Waals surface area contributed by atoms with Gasteiger partial charge in [0.1, 0.15) is 0 Å². The van der Waals surface area contributed by atoms with Gasteiger partial charge in [-0.3, -0.25) is 0 Å². The van der Waals surface area contributed by atoms with Crippen LogP contribution >= 0.6 is 0 Å². The molecule has 328 valence electrons. The first kappa shape index (κ1) is 42.7. The van der Waals surface area contributed by atoms with E-state index in [0.717, 1.165) is 131 Å². The number of rotatable bonds is 9. The molecule has 0 spiro atoms. The first-order valence-electron chi connectivity index (χ1n) is 22.9. The molecule has 0 bridgehead atoms. The van der Waals surface area contributed by atoms with Crippen LogP contribution in [-0.4, -0.2) is 39.2 Å². The maximum absolute atomic E-state index is 11.5. The summed E-state index contributed by atoms with van der Waals surface area (Å²) in [6.45, 7) is 4.08. The number of benzene rings is 5. The summed E-state index contributed by atoms with van der Waals surface area (Å²) in [7, 11) is 0. The van der Waals surface area contributed by atoms with Gasteiger partial charge >= 0.3 is 0 Å². The molecule has 0 saturated heterocycles. The third-order valence-electron chi connectivity index (χ3n) is 13.3. The summed E-state index contributed by atoms with van der Waals surface area (Å²) < 4.78 is 6.61. The maximum Gasteiger partial charge on any atom is 0.235 e. The predicted octanol–water partition coefficient (Wildman–Crippen LogP) is 10.3. The molecule has 9 rings (SSSR count). The second kappa shape index (κ2) is 18.7. The first-order valence-corrected chi connectivity index (χ1v) is 22.9. The number of aromatic nitrogens is 2. The predicted molar refractivity (Wildman–Crippen MR) is 262 cm³/mol. The summed E-state index contributed by atoms with van der Waals surface area (Å²) in [6, 6.07) is 34.0. The Kier molecular flexibility index (Phi) is 12.5. The summed E-state index contributed by atoms with van der Waals surface area (Å²) in [5.41, 5.74) is 43.7. The van der Waals surface area contributed by atoms with Crippen molar-refractivity contribution in [2.45, 2.75) is 97.0 Å². The standard InChI is InChI=1S/C53H59N9O2/c1-31-27-32(2)29-34(28-31)58-53(63)64-46-24-9-5-8-19-41-47(46)52(39-18-11-13-23-44(39)55)62-61-51(41)40-26-25-33(30-45(40)56)35-20-14-21-42(48(35)57)50-37-16-7-4-3-6-15-36(37)49(59-60-50)38-17-10-12-22-43(38)54/h10-14,17-18,20-23,25-30,41,46-47,53,58,63H,3-9,15-16,19,24,54-57H2,1-2H3. The Labute approximate surface area is 376 Å². The van der Waals surface area contributed by atoms with Gasteiger partial charge in [-0.1, -0.05) is 105 Å². The van der Waals surface area contributed by atoms with Crippen LogP contribution in [-0.2, 0) is 17.6 Å². The van der Waals surface area contributed by atoms with E-state index in [1.54, 1.807) is 0 Å². The number of aliphatic hydroxyl groups is 1. The Morgan fingerprint density at radius 3 is 1.84 bits per heavy atom. The molecule has 5 aromatic carbocycles. The highest BCUT2D eigenvalue weighted by molar-refractivity contribution is 6.15. The normalized spacial score (nSPS) is 19.4. The minimum atomic E-state index is -1.25. The fourth-order valence-electron chi connectivity index (χ4n) is 10.3.